The quantitative estimate of drug-likeness (QED) is 0.372. The number of carbonyl (C=O) groups is 2. The van der Waals surface area contributed by atoms with Crippen molar-refractivity contribution in [2.75, 3.05) is 30.0 Å². The molecule has 4 rings (SSSR count). The number of aromatic nitrogens is 2. The van der Waals surface area contributed by atoms with E-state index in [0.717, 1.165) is 31.5 Å². The van der Waals surface area contributed by atoms with Crippen molar-refractivity contribution >= 4 is 50.3 Å². The van der Waals surface area contributed by atoms with Crippen LogP contribution in [-0.4, -0.2) is 57.3 Å². The Morgan fingerprint density at radius 2 is 1.92 bits per heavy atom. The maximum absolute atomic E-state index is 13.4. The Bertz CT molecular complexity index is 1390. The highest BCUT2D eigenvalue weighted by atomic mass is 35.5. The van der Waals surface area contributed by atoms with Gasteiger partial charge in [-0.1, -0.05) is 17.7 Å². The number of carbonyl (C=O) groups excluding carboxylic acids is 2. The molecule has 3 heterocycles. The van der Waals surface area contributed by atoms with Crippen LogP contribution in [0.4, 0.5) is 11.5 Å². The number of amides is 2. The number of rotatable bonds is 8. The van der Waals surface area contributed by atoms with Gasteiger partial charge in [-0.2, -0.15) is 0 Å². The van der Waals surface area contributed by atoms with E-state index in [9.17, 15) is 13.8 Å². The van der Waals surface area contributed by atoms with Gasteiger partial charge in [-0.25, -0.2) is 9.97 Å². The predicted octanol–water partition coefficient (Wildman–Crippen LogP) is 3.61. The highest BCUT2D eigenvalue weighted by molar-refractivity contribution is 7.98. The van der Waals surface area contributed by atoms with Crippen molar-refractivity contribution in [3.8, 4) is 5.75 Å². The number of nitrogens with zero attached hydrogens (tertiary/aromatic N) is 2. The third-order valence-electron chi connectivity index (χ3n) is 5.58. The van der Waals surface area contributed by atoms with Gasteiger partial charge in [0, 0.05) is 24.4 Å². The average molecular weight is 542 g/mol. The summed E-state index contributed by atoms with van der Waals surface area (Å²) in [6.45, 7) is 1.65. The van der Waals surface area contributed by atoms with E-state index >= 15 is 0 Å². The van der Waals surface area contributed by atoms with E-state index in [0.29, 0.717) is 22.2 Å². The second-order valence-corrected chi connectivity index (χ2v) is 12.0. The van der Waals surface area contributed by atoms with Crippen LogP contribution in [0.15, 0.2) is 54.9 Å². The first-order valence-corrected chi connectivity index (χ1v) is 14.4. The molecule has 9 nitrogen and oxygen atoms in total. The van der Waals surface area contributed by atoms with E-state index < -0.39 is 21.3 Å². The molecule has 1 fully saturated rings. The van der Waals surface area contributed by atoms with Crippen LogP contribution in [0.1, 0.15) is 39.3 Å². The summed E-state index contributed by atoms with van der Waals surface area (Å²) < 4.78 is 18.5. The van der Waals surface area contributed by atoms with Gasteiger partial charge in [0.2, 0.25) is 0 Å². The molecule has 3 aromatic rings. The van der Waals surface area contributed by atoms with Crippen molar-refractivity contribution < 1.29 is 18.5 Å². The number of anilines is 2. The molecule has 1 saturated heterocycles. The Morgan fingerprint density at radius 1 is 1.14 bits per heavy atom. The predicted molar refractivity (Wildman–Crippen MR) is 147 cm³/mol. The highest BCUT2D eigenvalue weighted by Crippen LogP contribution is 2.27. The summed E-state index contributed by atoms with van der Waals surface area (Å²) in [7, 11) is -2.28. The van der Waals surface area contributed by atoms with Crippen LogP contribution in [0.5, 0.6) is 5.75 Å². The number of halogens is 1. The Morgan fingerprint density at radius 3 is 2.62 bits per heavy atom. The second kappa shape index (κ2) is 11.7. The topological polar surface area (TPSA) is 122 Å². The summed E-state index contributed by atoms with van der Waals surface area (Å²) in [6, 6.07) is 11.5. The SMILES string of the molecule is C=S(C)(=O)Cc1ccc(C(=O)Nc2cccnc2C(=O)Nc2ccc(Cl)cn2)c(OC2CCNCC2)c1. The first kappa shape index (κ1) is 26.6. The second-order valence-electron chi connectivity index (χ2n) is 8.90. The van der Waals surface area contributed by atoms with Crippen LogP contribution in [-0.2, 0) is 15.3 Å². The number of ether oxygens (including phenoxy) is 1. The lowest BCUT2D eigenvalue weighted by Crippen LogP contribution is -2.34. The largest absolute Gasteiger partial charge is 0.489 e. The van der Waals surface area contributed by atoms with Crippen LogP contribution >= 0.6 is 11.6 Å². The monoisotopic (exact) mass is 541 g/mol. The standard InChI is InChI=1S/C26H28ClN5O4S/c1-37(2,35)16-17-5-7-20(22(14-17)36-19-9-12-28-13-10-19)25(33)31-21-4-3-11-29-24(21)26(34)32-23-8-6-18(27)15-30-23/h3-8,11,14-15,19,28H,1,9-10,12-13,16H2,2H3,(H,31,33)(H,30,32,34). The number of pyridine rings is 2. The van der Waals surface area contributed by atoms with Crippen molar-refractivity contribution in [3.05, 3.63) is 76.7 Å². The number of benzene rings is 1. The van der Waals surface area contributed by atoms with E-state index in [1.807, 2.05) is 0 Å². The molecule has 0 saturated carbocycles. The molecule has 1 atom stereocenters. The lowest BCUT2D eigenvalue weighted by Gasteiger charge is -2.25. The number of nitrogens with one attached hydrogen (secondary N) is 3. The smallest absolute Gasteiger partial charge is 0.277 e. The first-order chi connectivity index (χ1) is 17.7. The normalized spacial score (nSPS) is 15.4. The van der Waals surface area contributed by atoms with Crippen LogP contribution in [0.3, 0.4) is 0 Å². The third kappa shape index (κ3) is 7.51. The van der Waals surface area contributed by atoms with Crippen molar-refractivity contribution in [2.45, 2.75) is 24.7 Å². The summed E-state index contributed by atoms with van der Waals surface area (Å²) in [5.41, 5.74) is 1.31. The average Bonchev–Trinajstić information content (AvgIpc) is 2.85. The molecule has 2 amide bonds. The fourth-order valence-corrected chi connectivity index (χ4v) is 4.89. The zero-order valence-electron chi connectivity index (χ0n) is 20.3. The molecule has 2 aromatic heterocycles. The molecule has 0 spiro atoms. The van der Waals surface area contributed by atoms with Gasteiger partial charge in [-0.05, 0) is 83.3 Å². The molecule has 1 unspecified atom stereocenters. The van der Waals surface area contributed by atoms with E-state index in [1.54, 1.807) is 48.7 Å². The highest BCUT2D eigenvalue weighted by Gasteiger charge is 2.22. The lowest BCUT2D eigenvalue weighted by molar-refractivity contribution is 0.101. The molecule has 194 valence electrons. The lowest BCUT2D eigenvalue weighted by atomic mass is 10.1. The number of hydrogen-bond acceptors (Lipinski definition) is 7. The summed E-state index contributed by atoms with van der Waals surface area (Å²) in [5, 5.41) is 9.16. The minimum absolute atomic E-state index is 0.0211. The minimum Gasteiger partial charge on any atom is -0.489 e. The molecule has 37 heavy (non-hydrogen) atoms. The maximum Gasteiger partial charge on any atom is 0.277 e. The summed E-state index contributed by atoms with van der Waals surface area (Å²) in [6.07, 6.45) is 6.02. The van der Waals surface area contributed by atoms with Gasteiger partial charge in [0.05, 0.1) is 16.3 Å². The molecule has 3 N–H and O–H groups in total. The molecule has 1 aromatic carbocycles. The van der Waals surface area contributed by atoms with Crippen LogP contribution in [0.2, 0.25) is 5.02 Å². The molecular formula is C26H28ClN5O4S. The molecule has 0 aliphatic carbocycles. The van der Waals surface area contributed by atoms with E-state index in [4.69, 9.17) is 16.3 Å². The third-order valence-corrected chi connectivity index (χ3v) is 6.75. The molecule has 1 aliphatic heterocycles. The zero-order chi connectivity index (χ0) is 26.4. The molecule has 1 aliphatic rings. The minimum atomic E-state index is -2.28. The fourth-order valence-electron chi connectivity index (χ4n) is 3.89. The van der Waals surface area contributed by atoms with Gasteiger partial charge in [0.25, 0.3) is 11.8 Å². The van der Waals surface area contributed by atoms with Crippen molar-refractivity contribution in [1.29, 1.82) is 0 Å². The Balaban J connectivity index is 1.58. The summed E-state index contributed by atoms with van der Waals surface area (Å²) >= 11 is 5.86. The van der Waals surface area contributed by atoms with E-state index in [-0.39, 0.29) is 23.2 Å². The Hall–Kier alpha value is -3.47. The fraction of sp³-hybridized carbons (Fsp3) is 0.269. The van der Waals surface area contributed by atoms with Gasteiger partial charge in [0.1, 0.15) is 17.7 Å². The molecular weight excluding hydrogens is 514 g/mol. The van der Waals surface area contributed by atoms with Gasteiger partial charge in [0.15, 0.2) is 5.69 Å². The van der Waals surface area contributed by atoms with Crippen molar-refractivity contribution in [1.82, 2.24) is 15.3 Å². The molecule has 11 heteroatoms. The summed E-state index contributed by atoms with van der Waals surface area (Å²) in [5.74, 6) is 3.68. The number of piperidine rings is 1. The maximum atomic E-state index is 13.4. The number of hydrogen-bond donors (Lipinski definition) is 3. The van der Waals surface area contributed by atoms with Gasteiger partial charge in [-0.3, -0.25) is 13.8 Å². The van der Waals surface area contributed by atoms with Crippen LogP contribution in [0, 0.1) is 0 Å². The Kier molecular flexibility index (Phi) is 8.42. The molecule has 0 bridgehead atoms. The van der Waals surface area contributed by atoms with Crippen molar-refractivity contribution in [2.24, 2.45) is 0 Å². The van der Waals surface area contributed by atoms with E-state index in [2.05, 4.69) is 31.8 Å². The molecule has 0 radical (unpaired) electrons. The van der Waals surface area contributed by atoms with Gasteiger partial charge < -0.3 is 20.7 Å². The Labute approximate surface area is 221 Å². The van der Waals surface area contributed by atoms with Crippen molar-refractivity contribution in [3.63, 3.8) is 0 Å². The van der Waals surface area contributed by atoms with Gasteiger partial charge in [-0.15, -0.1) is 0 Å². The van der Waals surface area contributed by atoms with Crippen LogP contribution < -0.4 is 20.7 Å². The first-order valence-electron chi connectivity index (χ1n) is 11.7. The van der Waals surface area contributed by atoms with Gasteiger partial charge >= 0.3 is 0 Å². The summed E-state index contributed by atoms with van der Waals surface area (Å²) in [4.78, 5) is 34.5. The van der Waals surface area contributed by atoms with Crippen LogP contribution in [0.25, 0.3) is 0 Å². The van der Waals surface area contributed by atoms with E-state index in [1.165, 1.54) is 12.4 Å². The zero-order valence-corrected chi connectivity index (χ0v) is 21.9.